The predicted octanol–water partition coefficient (Wildman–Crippen LogP) is 4.31. The van der Waals surface area contributed by atoms with Crippen LogP contribution in [0, 0.1) is 13.8 Å². The molecule has 5 heteroatoms. The molecular formula is C24H27N3O2. The fraction of sp³-hybridized carbons (Fsp3) is 0.333. The Labute approximate surface area is 171 Å². The van der Waals surface area contributed by atoms with Gasteiger partial charge in [-0.25, -0.2) is 0 Å². The lowest BCUT2D eigenvalue weighted by Gasteiger charge is -2.21. The van der Waals surface area contributed by atoms with Crippen LogP contribution in [0.5, 0.6) is 0 Å². The van der Waals surface area contributed by atoms with E-state index >= 15 is 0 Å². The summed E-state index contributed by atoms with van der Waals surface area (Å²) in [4.78, 5) is 17.2. The minimum absolute atomic E-state index is 0.0759. The van der Waals surface area contributed by atoms with Gasteiger partial charge in [0, 0.05) is 44.4 Å². The largest absolute Gasteiger partial charge is 0.350 e. The lowest BCUT2D eigenvalue weighted by atomic mass is 10.1. The molecule has 0 N–H and O–H groups in total. The van der Waals surface area contributed by atoms with E-state index in [1.807, 2.05) is 36.1 Å². The van der Waals surface area contributed by atoms with Gasteiger partial charge in [-0.15, -0.1) is 0 Å². The van der Waals surface area contributed by atoms with E-state index in [0.29, 0.717) is 18.0 Å². The molecule has 0 radical (unpaired) electrons. The maximum Gasteiger partial charge on any atom is 0.292 e. The first-order valence-electron chi connectivity index (χ1n) is 10.2. The summed E-state index contributed by atoms with van der Waals surface area (Å²) in [5, 5.41) is 4.10. The summed E-state index contributed by atoms with van der Waals surface area (Å²) in [6.07, 6.45) is 0.955. The summed E-state index contributed by atoms with van der Waals surface area (Å²) in [5.74, 6) is 0.237. The molecular weight excluding hydrogens is 362 g/mol. The fourth-order valence-corrected chi connectivity index (χ4v) is 3.68. The summed E-state index contributed by atoms with van der Waals surface area (Å²) < 4.78 is 5.38. The number of hydrogen-bond donors (Lipinski definition) is 0. The van der Waals surface area contributed by atoms with Crippen molar-refractivity contribution in [2.75, 3.05) is 26.2 Å². The second kappa shape index (κ2) is 8.62. The van der Waals surface area contributed by atoms with Crippen molar-refractivity contribution in [3.63, 3.8) is 0 Å². The van der Waals surface area contributed by atoms with Crippen LogP contribution in [-0.4, -0.2) is 47.0 Å². The summed E-state index contributed by atoms with van der Waals surface area (Å²) in [5.41, 5.74) is 5.43. The minimum atomic E-state index is -0.0759. The molecule has 1 saturated heterocycles. The zero-order chi connectivity index (χ0) is 20.2. The van der Waals surface area contributed by atoms with Gasteiger partial charge < -0.3 is 9.42 Å². The highest BCUT2D eigenvalue weighted by Crippen LogP contribution is 2.21. The molecule has 1 amide bonds. The Bertz CT molecular complexity index is 961. The minimum Gasteiger partial charge on any atom is -0.350 e. The second-order valence-corrected chi connectivity index (χ2v) is 7.85. The Hall–Kier alpha value is -2.92. The predicted molar refractivity (Wildman–Crippen MR) is 114 cm³/mol. The van der Waals surface area contributed by atoms with E-state index < -0.39 is 0 Å². The van der Waals surface area contributed by atoms with E-state index in [1.54, 1.807) is 6.07 Å². The van der Waals surface area contributed by atoms with Crippen LogP contribution < -0.4 is 0 Å². The van der Waals surface area contributed by atoms with E-state index in [2.05, 4.69) is 41.2 Å². The third-order valence-corrected chi connectivity index (χ3v) is 5.47. The van der Waals surface area contributed by atoms with Gasteiger partial charge in [0.1, 0.15) is 5.69 Å². The van der Waals surface area contributed by atoms with Crippen LogP contribution in [0.15, 0.2) is 59.1 Å². The van der Waals surface area contributed by atoms with Crippen LogP contribution in [0.1, 0.15) is 33.7 Å². The normalized spacial score (nSPS) is 15.3. The maximum absolute atomic E-state index is 12.9. The molecule has 1 aliphatic heterocycles. The van der Waals surface area contributed by atoms with Gasteiger partial charge in [-0.3, -0.25) is 9.69 Å². The van der Waals surface area contributed by atoms with Crippen molar-refractivity contribution >= 4 is 5.91 Å². The van der Waals surface area contributed by atoms with E-state index in [0.717, 1.165) is 38.2 Å². The molecule has 2 heterocycles. The Morgan fingerprint density at radius 2 is 1.62 bits per heavy atom. The number of benzene rings is 2. The van der Waals surface area contributed by atoms with Crippen molar-refractivity contribution < 1.29 is 9.32 Å². The lowest BCUT2D eigenvalue weighted by molar-refractivity contribution is 0.0719. The van der Waals surface area contributed by atoms with Crippen LogP contribution in [-0.2, 0) is 6.54 Å². The van der Waals surface area contributed by atoms with Gasteiger partial charge in [-0.05, 0) is 25.8 Å². The number of aromatic nitrogens is 1. The van der Waals surface area contributed by atoms with E-state index in [9.17, 15) is 4.79 Å². The zero-order valence-electron chi connectivity index (χ0n) is 17.1. The first-order valence-corrected chi connectivity index (χ1v) is 10.2. The molecule has 29 heavy (non-hydrogen) atoms. The third-order valence-electron chi connectivity index (χ3n) is 5.47. The van der Waals surface area contributed by atoms with Gasteiger partial charge in [0.15, 0.2) is 0 Å². The van der Waals surface area contributed by atoms with E-state index in [4.69, 9.17) is 4.52 Å². The van der Waals surface area contributed by atoms with Crippen LogP contribution in [0.4, 0.5) is 0 Å². The van der Waals surface area contributed by atoms with Crippen molar-refractivity contribution in [1.29, 1.82) is 0 Å². The van der Waals surface area contributed by atoms with Gasteiger partial charge >= 0.3 is 0 Å². The molecule has 5 nitrogen and oxygen atoms in total. The topological polar surface area (TPSA) is 49.6 Å². The SMILES string of the molecule is Cc1ccc(CN2CCCN(C(=O)c3cc(-c4ccc(C)cc4)no3)CC2)cc1. The van der Waals surface area contributed by atoms with Crippen molar-refractivity contribution in [2.24, 2.45) is 0 Å². The molecule has 0 unspecified atom stereocenters. The van der Waals surface area contributed by atoms with Crippen molar-refractivity contribution in [2.45, 2.75) is 26.8 Å². The van der Waals surface area contributed by atoms with E-state index in [1.165, 1.54) is 16.7 Å². The molecule has 0 atom stereocenters. The average molecular weight is 389 g/mol. The average Bonchev–Trinajstić information content (AvgIpc) is 3.10. The van der Waals surface area contributed by atoms with Crippen LogP contribution in [0.3, 0.4) is 0 Å². The highest BCUT2D eigenvalue weighted by molar-refractivity contribution is 5.92. The Morgan fingerprint density at radius 3 is 2.34 bits per heavy atom. The van der Waals surface area contributed by atoms with Crippen molar-refractivity contribution in [3.8, 4) is 11.3 Å². The van der Waals surface area contributed by atoms with Crippen molar-refractivity contribution in [3.05, 3.63) is 77.0 Å². The Balaban J connectivity index is 1.38. The first-order chi connectivity index (χ1) is 14.1. The monoisotopic (exact) mass is 389 g/mol. The second-order valence-electron chi connectivity index (χ2n) is 7.85. The van der Waals surface area contributed by atoms with Crippen LogP contribution in [0.25, 0.3) is 11.3 Å². The summed E-state index contributed by atoms with van der Waals surface area (Å²) in [6, 6.07) is 18.5. The molecule has 150 valence electrons. The molecule has 1 aliphatic rings. The summed E-state index contributed by atoms with van der Waals surface area (Å²) in [6.45, 7) is 8.36. The number of nitrogens with zero attached hydrogens (tertiary/aromatic N) is 3. The highest BCUT2D eigenvalue weighted by atomic mass is 16.5. The molecule has 0 saturated carbocycles. The summed E-state index contributed by atoms with van der Waals surface area (Å²) in [7, 11) is 0. The molecule has 4 rings (SSSR count). The standard InChI is InChI=1S/C24H27N3O2/c1-18-4-8-20(9-5-18)17-26-12-3-13-27(15-14-26)24(28)23-16-22(25-29-23)21-10-6-19(2)7-11-21/h4-11,16H,3,12-15,17H2,1-2H3. The number of amides is 1. The molecule has 0 bridgehead atoms. The number of carbonyl (C=O) groups is 1. The number of rotatable bonds is 4. The van der Waals surface area contributed by atoms with Gasteiger partial charge in [-0.2, -0.15) is 0 Å². The Morgan fingerprint density at radius 1 is 0.931 bits per heavy atom. The maximum atomic E-state index is 12.9. The number of aryl methyl sites for hydroxylation is 2. The molecule has 3 aromatic rings. The van der Waals surface area contributed by atoms with E-state index in [-0.39, 0.29) is 5.91 Å². The van der Waals surface area contributed by atoms with Gasteiger partial charge in [0.2, 0.25) is 5.76 Å². The van der Waals surface area contributed by atoms with Crippen LogP contribution >= 0.6 is 0 Å². The molecule has 0 aliphatic carbocycles. The zero-order valence-corrected chi connectivity index (χ0v) is 17.1. The first kappa shape index (κ1) is 19.4. The lowest BCUT2D eigenvalue weighted by Crippen LogP contribution is -2.34. The van der Waals surface area contributed by atoms with Crippen molar-refractivity contribution in [1.82, 2.24) is 15.0 Å². The fourth-order valence-electron chi connectivity index (χ4n) is 3.68. The summed E-state index contributed by atoms with van der Waals surface area (Å²) >= 11 is 0. The number of hydrogen-bond acceptors (Lipinski definition) is 4. The quantitative estimate of drug-likeness (QED) is 0.667. The van der Waals surface area contributed by atoms with Gasteiger partial charge in [0.05, 0.1) is 0 Å². The Kier molecular flexibility index (Phi) is 5.76. The molecule has 2 aromatic carbocycles. The van der Waals surface area contributed by atoms with Gasteiger partial charge in [0.25, 0.3) is 5.91 Å². The smallest absolute Gasteiger partial charge is 0.292 e. The van der Waals surface area contributed by atoms with Crippen LogP contribution in [0.2, 0.25) is 0 Å². The third kappa shape index (κ3) is 4.74. The number of carbonyl (C=O) groups excluding carboxylic acids is 1. The molecule has 1 aromatic heterocycles. The molecule has 0 spiro atoms. The van der Waals surface area contributed by atoms with Gasteiger partial charge in [-0.1, -0.05) is 64.8 Å². The molecule has 1 fully saturated rings. The highest BCUT2D eigenvalue weighted by Gasteiger charge is 2.23.